The highest BCUT2D eigenvalue weighted by Gasteiger charge is 2.17. The number of carbonyl (C=O) groups excluding carboxylic acids is 1. The van der Waals surface area contributed by atoms with Crippen molar-refractivity contribution in [1.82, 2.24) is 5.32 Å². The van der Waals surface area contributed by atoms with Crippen LogP contribution in [-0.4, -0.2) is 24.3 Å². The average molecular weight is 343 g/mol. The molecule has 2 rings (SSSR count). The number of rotatable bonds is 9. The van der Waals surface area contributed by atoms with Gasteiger partial charge in [-0.25, -0.2) is 0 Å². The lowest BCUT2D eigenvalue weighted by atomic mass is 10.2. The van der Waals surface area contributed by atoms with E-state index in [9.17, 15) is 4.79 Å². The second-order valence-electron chi connectivity index (χ2n) is 5.66. The number of aryl methyl sites for hydroxylation is 1. The van der Waals surface area contributed by atoms with Gasteiger partial charge in [-0.05, 0) is 31.0 Å². The van der Waals surface area contributed by atoms with Crippen LogP contribution in [0.2, 0.25) is 0 Å². The zero-order chi connectivity index (χ0) is 17.2. The summed E-state index contributed by atoms with van der Waals surface area (Å²) in [4.78, 5) is 12.2. The van der Waals surface area contributed by atoms with Crippen LogP contribution in [0.4, 0.5) is 0 Å². The number of hydrogen-bond acceptors (Lipinski definition) is 3. The lowest BCUT2D eigenvalue weighted by Crippen LogP contribution is -2.39. The van der Waals surface area contributed by atoms with Crippen molar-refractivity contribution in [2.24, 2.45) is 0 Å². The summed E-state index contributed by atoms with van der Waals surface area (Å²) in [6, 6.07) is 18.0. The van der Waals surface area contributed by atoms with Gasteiger partial charge in [0.2, 0.25) is 0 Å². The molecule has 24 heavy (non-hydrogen) atoms. The van der Waals surface area contributed by atoms with Gasteiger partial charge in [-0.2, -0.15) is 11.8 Å². The van der Waals surface area contributed by atoms with Gasteiger partial charge in [-0.1, -0.05) is 55.0 Å². The molecule has 0 aliphatic heterocycles. The second kappa shape index (κ2) is 10.0. The summed E-state index contributed by atoms with van der Waals surface area (Å²) in [5.74, 6) is 2.54. The number of para-hydroxylation sites is 1. The molecular formula is C20H25NO2S. The number of benzene rings is 2. The Hall–Kier alpha value is -1.94. The third-order valence-corrected chi connectivity index (χ3v) is 4.61. The molecule has 128 valence electrons. The van der Waals surface area contributed by atoms with E-state index in [2.05, 4.69) is 36.5 Å². The first-order chi connectivity index (χ1) is 11.7. The Labute approximate surface area is 148 Å². The van der Waals surface area contributed by atoms with Gasteiger partial charge < -0.3 is 10.1 Å². The molecule has 0 heterocycles. The molecule has 0 saturated carbocycles. The SMILES string of the molecule is CC[C@@H](Oc1ccccc1)C(=O)NCCSCc1cccc(C)c1. The molecule has 0 fully saturated rings. The Morgan fingerprint density at radius 3 is 2.67 bits per heavy atom. The highest BCUT2D eigenvalue weighted by Crippen LogP contribution is 2.14. The Balaban J connectivity index is 1.68. The fraction of sp³-hybridized carbons (Fsp3) is 0.350. The van der Waals surface area contributed by atoms with Crippen LogP contribution in [0.1, 0.15) is 24.5 Å². The van der Waals surface area contributed by atoms with Crippen molar-refractivity contribution in [3.05, 3.63) is 65.7 Å². The highest BCUT2D eigenvalue weighted by molar-refractivity contribution is 7.98. The smallest absolute Gasteiger partial charge is 0.261 e. The molecule has 0 aliphatic rings. The number of hydrogen-bond donors (Lipinski definition) is 1. The summed E-state index contributed by atoms with van der Waals surface area (Å²) in [6.07, 6.45) is 0.214. The molecule has 1 atom stereocenters. The maximum atomic E-state index is 12.2. The fourth-order valence-electron chi connectivity index (χ4n) is 2.34. The average Bonchev–Trinajstić information content (AvgIpc) is 2.60. The standard InChI is InChI=1S/C20H25NO2S/c1-3-19(23-18-10-5-4-6-11-18)20(22)21-12-13-24-15-17-9-7-8-16(2)14-17/h4-11,14,19H,3,12-13,15H2,1-2H3,(H,21,22)/t19-/m1/s1. The van der Waals surface area contributed by atoms with Crippen LogP contribution in [0.25, 0.3) is 0 Å². The van der Waals surface area contributed by atoms with E-state index in [0.29, 0.717) is 13.0 Å². The van der Waals surface area contributed by atoms with E-state index in [1.54, 1.807) is 0 Å². The fourth-order valence-corrected chi connectivity index (χ4v) is 3.14. The number of thioether (sulfide) groups is 1. The molecule has 0 saturated heterocycles. The minimum Gasteiger partial charge on any atom is -0.481 e. The van der Waals surface area contributed by atoms with Gasteiger partial charge in [0.15, 0.2) is 6.10 Å². The van der Waals surface area contributed by atoms with E-state index in [-0.39, 0.29) is 5.91 Å². The molecule has 1 amide bonds. The second-order valence-corrected chi connectivity index (χ2v) is 6.77. The summed E-state index contributed by atoms with van der Waals surface area (Å²) in [5.41, 5.74) is 2.61. The predicted molar refractivity (Wildman–Crippen MR) is 101 cm³/mol. The Bertz CT molecular complexity index is 631. The van der Waals surface area contributed by atoms with E-state index in [4.69, 9.17) is 4.74 Å². The van der Waals surface area contributed by atoms with E-state index in [1.165, 1.54) is 11.1 Å². The number of ether oxygens (including phenoxy) is 1. The summed E-state index contributed by atoms with van der Waals surface area (Å²) in [7, 11) is 0. The number of nitrogens with one attached hydrogen (secondary N) is 1. The van der Waals surface area contributed by atoms with E-state index in [1.807, 2.05) is 49.0 Å². The Morgan fingerprint density at radius 1 is 1.17 bits per heavy atom. The topological polar surface area (TPSA) is 38.3 Å². The van der Waals surface area contributed by atoms with Gasteiger partial charge >= 0.3 is 0 Å². The van der Waals surface area contributed by atoms with Crippen molar-refractivity contribution in [3.63, 3.8) is 0 Å². The molecule has 0 spiro atoms. The molecule has 3 nitrogen and oxygen atoms in total. The molecule has 0 unspecified atom stereocenters. The van der Waals surface area contributed by atoms with Crippen LogP contribution in [-0.2, 0) is 10.5 Å². The minimum atomic E-state index is -0.436. The van der Waals surface area contributed by atoms with Crippen molar-refractivity contribution >= 4 is 17.7 Å². The summed E-state index contributed by atoms with van der Waals surface area (Å²) in [6.45, 7) is 4.72. The Kier molecular flexibility index (Phi) is 7.69. The molecule has 0 aromatic heterocycles. The van der Waals surface area contributed by atoms with Crippen LogP contribution >= 0.6 is 11.8 Å². The van der Waals surface area contributed by atoms with Crippen LogP contribution < -0.4 is 10.1 Å². The van der Waals surface area contributed by atoms with Crippen LogP contribution in [0.5, 0.6) is 5.75 Å². The number of amides is 1. The molecule has 0 aliphatic carbocycles. The van der Waals surface area contributed by atoms with E-state index >= 15 is 0 Å². The lowest BCUT2D eigenvalue weighted by molar-refractivity contribution is -0.127. The highest BCUT2D eigenvalue weighted by atomic mass is 32.2. The largest absolute Gasteiger partial charge is 0.481 e. The zero-order valence-corrected chi connectivity index (χ0v) is 15.1. The van der Waals surface area contributed by atoms with Crippen LogP contribution in [0, 0.1) is 6.92 Å². The third kappa shape index (κ3) is 6.28. The normalized spacial score (nSPS) is 11.8. The first-order valence-corrected chi connectivity index (χ1v) is 9.47. The molecule has 2 aromatic carbocycles. The van der Waals surface area contributed by atoms with Gasteiger partial charge in [0, 0.05) is 18.1 Å². The molecule has 4 heteroatoms. The van der Waals surface area contributed by atoms with Gasteiger partial charge in [-0.15, -0.1) is 0 Å². The third-order valence-electron chi connectivity index (χ3n) is 3.58. The van der Waals surface area contributed by atoms with Crippen LogP contribution in [0.3, 0.4) is 0 Å². The minimum absolute atomic E-state index is 0.0440. The first kappa shape index (κ1) is 18.4. The summed E-state index contributed by atoms with van der Waals surface area (Å²) < 4.78 is 5.75. The van der Waals surface area contributed by atoms with Crippen molar-refractivity contribution in [1.29, 1.82) is 0 Å². The summed E-state index contributed by atoms with van der Waals surface area (Å²) in [5, 5.41) is 2.97. The van der Waals surface area contributed by atoms with Crippen molar-refractivity contribution < 1.29 is 9.53 Å². The molecule has 0 bridgehead atoms. The van der Waals surface area contributed by atoms with Crippen molar-refractivity contribution in [2.75, 3.05) is 12.3 Å². The van der Waals surface area contributed by atoms with E-state index < -0.39 is 6.10 Å². The molecule has 1 N–H and O–H groups in total. The van der Waals surface area contributed by atoms with Crippen LogP contribution in [0.15, 0.2) is 54.6 Å². The number of carbonyl (C=O) groups is 1. The molecular weight excluding hydrogens is 318 g/mol. The van der Waals surface area contributed by atoms with Crippen molar-refractivity contribution in [2.45, 2.75) is 32.1 Å². The zero-order valence-electron chi connectivity index (χ0n) is 14.3. The summed E-state index contributed by atoms with van der Waals surface area (Å²) >= 11 is 1.82. The van der Waals surface area contributed by atoms with Gasteiger partial charge in [0.1, 0.15) is 5.75 Å². The van der Waals surface area contributed by atoms with Crippen molar-refractivity contribution in [3.8, 4) is 5.75 Å². The lowest BCUT2D eigenvalue weighted by Gasteiger charge is -2.17. The quantitative estimate of drug-likeness (QED) is 0.694. The van der Waals surface area contributed by atoms with E-state index in [0.717, 1.165) is 17.3 Å². The maximum absolute atomic E-state index is 12.2. The molecule has 0 radical (unpaired) electrons. The molecule has 2 aromatic rings. The monoisotopic (exact) mass is 343 g/mol. The predicted octanol–water partition coefficient (Wildman–Crippen LogP) is 4.20. The van der Waals surface area contributed by atoms with Gasteiger partial charge in [0.25, 0.3) is 5.91 Å². The van der Waals surface area contributed by atoms with Gasteiger partial charge in [0.05, 0.1) is 0 Å². The first-order valence-electron chi connectivity index (χ1n) is 8.31. The Morgan fingerprint density at radius 2 is 1.96 bits per heavy atom. The van der Waals surface area contributed by atoms with Gasteiger partial charge in [-0.3, -0.25) is 4.79 Å². The maximum Gasteiger partial charge on any atom is 0.261 e.